The molecule has 0 aliphatic carbocycles. The van der Waals surface area contributed by atoms with Crippen molar-refractivity contribution >= 4 is 60.5 Å². The zero-order valence-corrected chi connectivity index (χ0v) is 9.73. The van der Waals surface area contributed by atoms with Crippen LogP contribution in [-0.4, -0.2) is 39.2 Å². The maximum atomic E-state index is 8.97. The van der Waals surface area contributed by atoms with Crippen molar-refractivity contribution in [3.63, 3.8) is 0 Å². The van der Waals surface area contributed by atoms with Gasteiger partial charge in [0, 0.05) is 26.2 Å². The Morgan fingerprint density at radius 2 is 1.43 bits per heavy atom. The van der Waals surface area contributed by atoms with Crippen molar-refractivity contribution in [3.05, 3.63) is 0 Å². The van der Waals surface area contributed by atoms with Gasteiger partial charge in [-0.1, -0.05) is 0 Å². The summed E-state index contributed by atoms with van der Waals surface area (Å²) in [5, 5.41) is 3.88. The number of hydrogen-bond donors (Lipinski definition) is 2. The van der Waals surface area contributed by atoms with Gasteiger partial charge in [0.25, 0.3) is 0 Å². The first-order valence-corrected chi connectivity index (χ1v) is 2.25. The predicted octanol–water partition coefficient (Wildman–Crippen LogP) is -1.01. The molecule has 0 atom stereocenters. The van der Waals surface area contributed by atoms with Crippen molar-refractivity contribution in [2.24, 2.45) is 5.14 Å². The minimum Gasteiger partial charge on any atom is -0.274 e. The molecule has 0 bridgehead atoms. The first-order chi connectivity index (χ1) is 2.00. The van der Waals surface area contributed by atoms with Gasteiger partial charge in [0.2, 0.25) is 0 Å². The van der Waals surface area contributed by atoms with Crippen LogP contribution in [0.25, 0.3) is 0 Å². The van der Waals surface area contributed by atoms with Crippen LogP contribution in [-0.2, 0) is 10.3 Å². The van der Waals surface area contributed by atoms with Crippen LogP contribution in [0.15, 0.2) is 0 Å². The molecule has 0 aromatic rings. The van der Waals surface area contributed by atoms with E-state index in [9.17, 15) is 0 Å². The van der Waals surface area contributed by atoms with Crippen molar-refractivity contribution < 1.29 is 13.0 Å². The maximum Gasteiger partial charge on any atom is 0.330 e. The minimum atomic E-state index is -4.17. The summed E-state index contributed by atoms with van der Waals surface area (Å²) >= 11 is 0. The van der Waals surface area contributed by atoms with E-state index in [0.29, 0.717) is 0 Å². The maximum absolute atomic E-state index is 8.97. The SMILES string of the molecule is I.NS(=O)(=O)O.[Bi]. The zero-order valence-electron chi connectivity index (χ0n) is 3.10. The van der Waals surface area contributed by atoms with Gasteiger partial charge in [-0.2, -0.15) is 8.42 Å². The number of halogens is 1. The summed E-state index contributed by atoms with van der Waals surface area (Å²) in [5.41, 5.74) is 0. The molecule has 4 nitrogen and oxygen atoms in total. The number of hydrogen-bond acceptors (Lipinski definition) is 2. The van der Waals surface area contributed by atoms with E-state index in [1.807, 2.05) is 0 Å². The van der Waals surface area contributed by atoms with E-state index in [0.717, 1.165) is 0 Å². The van der Waals surface area contributed by atoms with Crippen LogP contribution in [0.1, 0.15) is 0 Å². The molecule has 0 spiro atoms. The number of nitrogens with two attached hydrogens (primary N) is 1. The molecule has 45 valence electrons. The number of rotatable bonds is 0. The Hall–Kier alpha value is 1.48. The molecule has 0 aromatic heterocycles. The van der Waals surface area contributed by atoms with Crippen LogP contribution in [0.2, 0.25) is 0 Å². The summed E-state index contributed by atoms with van der Waals surface area (Å²) in [6, 6.07) is 0. The summed E-state index contributed by atoms with van der Waals surface area (Å²) < 4.78 is 25.2. The molecule has 0 aromatic carbocycles. The fourth-order valence-electron chi connectivity index (χ4n) is 0. The Bertz CT molecular complexity index is 98.1. The normalized spacial score (nSPS) is 8.29. The molecule has 0 aliphatic heterocycles. The predicted molar refractivity (Wildman–Crippen MR) is 36.9 cm³/mol. The van der Waals surface area contributed by atoms with Crippen LogP contribution in [0.3, 0.4) is 0 Å². The standard InChI is InChI=1S/Bi.HI.H3NO3S/c;;1-5(2,3)4/h;1H;(H3,1,2,3,4). The summed E-state index contributed by atoms with van der Waals surface area (Å²) in [6.07, 6.45) is 0. The molecule has 0 amide bonds. The first kappa shape index (κ1) is 15.8. The van der Waals surface area contributed by atoms with Crippen molar-refractivity contribution in [1.82, 2.24) is 0 Å². The average Bonchev–Trinajstić information content (AvgIpc) is 0.722. The van der Waals surface area contributed by atoms with Gasteiger partial charge in [0.05, 0.1) is 0 Å². The summed E-state index contributed by atoms with van der Waals surface area (Å²) in [4.78, 5) is 0. The zero-order chi connectivity index (χ0) is 4.50. The molecule has 7 heavy (non-hydrogen) atoms. The van der Waals surface area contributed by atoms with Crippen molar-refractivity contribution in [2.75, 3.05) is 0 Å². The third-order valence-corrected chi connectivity index (χ3v) is 0. The molecular formula is H4BiINO3S. The topological polar surface area (TPSA) is 80.4 Å². The van der Waals surface area contributed by atoms with Crippen LogP contribution in [0.5, 0.6) is 0 Å². The van der Waals surface area contributed by atoms with Gasteiger partial charge < -0.3 is 0 Å². The Balaban J connectivity index is -0.0000000800. The second-order valence-corrected chi connectivity index (χ2v) is 1.54. The third-order valence-electron chi connectivity index (χ3n) is 0. The molecule has 0 aliphatic rings. The van der Waals surface area contributed by atoms with Gasteiger partial charge in [-0.05, 0) is 0 Å². The van der Waals surface area contributed by atoms with Gasteiger partial charge in [-0.25, -0.2) is 5.14 Å². The molecule has 3 N–H and O–H groups in total. The summed E-state index contributed by atoms with van der Waals surface area (Å²) in [6.45, 7) is 0. The van der Waals surface area contributed by atoms with Crippen molar-refractivity contribution in [1.29, 1.82) is 0 Å². The minimum absolute atomic E-state index is 0. The summed E-state index contributed by atoms with van der Waals surface area (Å²) in [5.74, 6) is 0. The molecular weight excluding hydrogens is 430 g/mol. The largest absolute Gasteiger partial charge is 0.330 e. The molecule has 0 saturated heterocycles. The van der Waals surface area contributed by atoms with Crippen molar-refractivity contribution in [2.45, 2.75) is 0 Å². The molecule has 7 heteroatoms. The second kappa shape index (κ2) is 5.62. The molecule has 0 heterocycles. The Morgan fingerprint density at radius 1 is 1.43 bits per heavy atom. The third kappa shape index (κ3) is 102. The molecule has 0 fully saturated rings. The van der Waals surface area contributed by atoms with E-state index in [2.05, 4.69) is 5.14 Å². The Morgan fingerprint density at radius 3 is 1.43 bits per heavy atom. The van der Waals surface area contributed by atoms with Crippen LogP contribution < -0.4 is 5.14 Å². The molecule has 3 radical (unpaired) electrons. The van der Waals surface area contributed by atoms with Gasteiger partial charge in [0.15, 0.2) is 0 Å². The van der Waals surface area contributed by atoms with Crippen molar-refractivity contribution in [3.8, 4) is 0 Å². The Kier molecular flexibility index (Phi) is 12.7. The van der Waals surface area contributed by atoms with Crippen LogP contribution in [0.4, 0.5) is 0 Å². The van der Waals surface area contributed by atoms with E-state index in [-0.39, 0.29) is 50.2 Å². The molecule has 0 saturated carbocycles. The van der Waals surface area contributed by atoms with Gasteiger partial charge in [0.1, 0.15) is 0 Å². The van der Waals surface area contributed by atoms with E-state index in [1.165, 1.54) is 0 Å². The van der Waals surface area contributed by atoms with E-state index < -0.39 is 10.3 Å². The van der Waals surface area contributed by atoms with Gasteiger partial charge in [-0.3, -0.25) is 4.55 Å². The first-order valence-electron chi connectivity index (χ1n) is 0.752. The quantitative estimate of drug-likeness (QED) is 0.292. The van der Waals surface area contributed by atoms with Gasteiger partial charge in [-0.15, -0.1) is 24.0 Å². The van der Waals surface area contributed by atoms with Crippen LogP contribution in [0, 0.1) is 0 Å². The fourth-order valence-corrected chi connectivity index (χ4v) is 0. The summed E-state index contributed by atoms with van der Waals surface area (Å²) in [7, 11) is -4.17. The van der Waals surface area contributed by atoms with E-state index >= 15 is 0 Å². The molecule has 0 rings (SSSR count). The van der Waals surface area contributed by atoms with Crippen LogP contribution >= 0.6 is 24.0 Å². The average molecular weight is 434 g/mol. The monoisotopic (exact) mass is 434 g/mol. The van der Waals surface area contributed by atoms with E-state index in [1.54, 1.807) is 0 Å². The Labute approximate surface area is 77.9 Å². The van der Waals surface area contributed by atoms with Gasteiger partial charge >= 0.3 is 10.3 Å². The fraction of sp³-hybridized carbons (Fsp3) is 0. The second-order valence-electron chi connectivity index (χ2n) is 0.515. The smallest absolute Gasteiger partial charge is 0.274 e. The van der Waals surface area contributed by atoms with E-state index in [4.69, 9.17) is 13.0 Å². The molecule has 0 unspecified atom stereocenters.